The van der Waals surface area contributed by atoms with Crippen LogP contribution in [0.3, 0.4) is 0 Å². The molecule has 0 saturated heterocycles. The highest BCUT2D eigenvalue weighted by Gasteiger charge is 2.61. The number of fused-ring (bicyclic) bond motifs is 2. The lowest BCUT2D eigenvalue weighted by molar-refractivity contribution is -0.205. The van der Waals surface area contributed by atoms with Crippen LogP contribution in [0.5, 0.6) is 0 Å². The van der Waals surface area contributed by atoms with Gasteiger partial charge < -0.3 is 29.6 Å². The number of hydrogen-bond donors (Lipinski definition) is 2. The monoisotopic (exact) mass is 566 g/mol. The Morgan fingerprint density at radius 1 is 0.744 bits per heavy atom. The number of carbonyl (C=O) groups excluding carboxylic acids is 4. The summed E-state index contributed by atoms with van der Waals surface area (Å²) >= 11 is 0. The number of ether oxygens (including phenoxy) is 4. The Bertz CT molecular complexity index is 841. The van der Waals surface area contributed by atoms with Gasteiger partial charge in [0.05, 0.1) is 45.2 Å². The Morgan fingerprint density at radius 3 is 1.64 bits per heavy atom. The van der Waals surface area contributed by atoms with Crippen molar-refractivity contribution in [1.29, 1.82) is 0 Å². The van der Waals surface area contributed by atoms with Crippen molar-refractivity contribution in [3.63, 3.8) is 0 Å². The highest BCUT2D eigenvalue weighted by molar-refractivity contribution is 5.83. The predicted molar refractivity (Wildman–Crippen MR) is 132 cm³/mol. The number of nitrogens with one attached hydrogen (secondary N) is 2. The summed E-state index contributed by atoms with van der Waals surface area (Å²) in [5.74, 6) is -6.35. The van der Waals surface area contributed by atoms with E-state index in [0.717, 1.165) is 0 Å². The summed E-state index contributed by atoms with van der Waals surface area (Å²) < 4.78 is 62.7. The average Bonchev–Trinajstić information content (AvgIpc) is 3.43. The van der Waals surface area contributed by atoms with E-state index >= 15 is 0 Å². The summed E-state index contributed by atoms with van der Waals surface area (Å²) in [5, 5.41) is 5.80. The Morgan fingerprint density at radius 2 is 1.21 bits per heavy atom. The van der Waals surface area contributed by atoms with Crippen LogP contribution in [0.2, 0.25) is 0 Å². The van der Waals surface area contributed by atoms with E-state index in [4.69, 9.17) is 18.9 Å². The third-order valence-corrected chi connectivity index (χ3v) is 7.41. The fourth-order valence-corrected chi connectivity index (χ4v) is 5.92. The lowest BCUT2D eigenvalue weighted by atomic mass is 9.73. The van der Waals surface area contributed by atoms with E-state index in [1.807, 2.05) is 0 Å². The van der Waals surface area contributed by atoms with Crippen molar-refractivity contribution >= 4 is 23.9 Å². The Kier molecular flexibility index (Phi) is 12.9. The number of rotatable bonds is 16. The summed E-state index contributed by atoms with van der Waals surface area (Å²) in [4.78, 5) is 48.6. The van der Waals surface area contributed by atoms with Crippen LogP contribution < -0.4 is 10.6 Å². The molecule has 2 bridgehead atoms. The normalized spacial score (nSPS) is 25.6. The van der Waals surface area contributed by atoms with Gasteiger partial charge in [0.15, 0.2) is 0 Å². The van der Waals surface area contributed by atoms with E-state index in [0.29, 0.717) is 12.8 Å². The van der Waals surface area contributed by atoms with E-state index < -0.39 is 59.9 Å². The Hall–Kier alpha value is -2.41. The first-order valence-corrected chi connectivity index (χ1v) is 13.6. The lowest BCUT2D eigenvalue weighted by Gasteiger charge is -2.38. The molecule has 224 valence electrons. The molecule has 2 saturated carbocycles. The van der Waals surface area contributed by atoms with Crippen molar-refractivity contribution < 1.29 is 51.3 Å². The maximum atomic E-state index is 14.3. The van der Waals surface area contributed by atoms with Gasteiger partial charge in [-0.1, -0.05) is 0 Å². The molecule has 0 aromatic carbocycles. The molecule has 0 aromatic heterocycles. The van der Waals surface area contributed by atoms with Gasteiger partial charge in [-0.25, -0.2) is 0 Å². The first-order chi connectivity index (χ1) is 18.5. The standard InChI is InChI=1S/C26H41F3N2O8/c1-5-36-21(32)11-19(24(34)38-7-3)30-13-16-9-15-10-17(16)23(26(27,28)29)18(15)14-31-20(25(35)39-8-4)12-22(33)37-6-2/h15-20,23,30-31H,5-14H2,1-4H3. The molecule has 39 heavy (non-hydrogen) atoms. The molecule has 13 heteroatoms. The molecule has 0 aliphatic heterocycles. The molecule has 2 fully saturated rings. The van der Waals surface area contributed by atoms with Gasteiger partial charge >= 0.3 is 30.1 Å². The van der Waals surface area contributed by atoms with Gasteiger partial charge in [-0.3, -0.25) is 19.2 Å². The van der Waals surface area contributed by atoms with Crippen molar-refractivity contribution in [2.45, 2.75) is 71.6 Å². The molecule has 0 amide bonds. The van der Waals surface area contributed by atoms with Gasteiger partial charge in [-0.15, -0.1) is 0 Å². The second-order valence-electron chi connectivity index (χ2n) is 9.83. The third-order valence-electron chi connectivity index (χ3n) is 7.41. The zero-order valence-electron chi connectivity index (χ0n) is 23.0. The molecule has 0 radical (unpaired) electrons. The van der Waals surface area contributed by atoms with E-state index in [-0.39, 0.29) is 64.2 Å². The molecule has 7 unspecified atom stereocenters. The molecule has 0 heterocycles. The molecular weight excluding hydrogens is 525 g/mol. The zero-order chi connectivity index (χ0) is 29.2. The predicted octanol–water partition coefficient (Wildman–Crippen LogP) is 2.39. The van der Waals surface area contributed by atoms with E-state index in [1.54, 1.807) is 27.7 Å². The van der Waals surface area contributed by atoms with Crippen LogP contribution in [0, 0.1) is 29.6 Å². The molecule has 10 nitrogen and oxygen atoms in total. The number of esters is 4. The van der Waals surface area contributed by atoms with Gasteiger partial charge in [0.25, 0.3) is 0 Å². The molecule has 2 N–H and O–H groups in total. The van der Waals surface area contributed by atoms with Gasteiger partial charge in [0.2, 0.25) is 0 Å². The number of halogens is 3. The van der Waals surface area contributed by atoms with Crippen LogP contribution in [0.25, 0.3) is 0 Å². The summed E-state index contributed by atoms with van der Waals surface area (Å²) in [6.45, 7) is 6.90. The third kappa shape index (κ3) is 9.33. The molecule has 2 aliphatic rings. The van der Waals surface area contributed by atoms with Gasteiger partial charge in [0.1, 0.15) is 12.1 Å². The maximum absolute atomic E-state index is 14.3. The van der Waals surface area contributed by atoms with Gasteiger partial charge in [-0.05, 0) is 77.3 Å². The quantitative estimate of drug-likeness (QED) is 0.212. The van der Waals surface area contributed by atoms with Crippen LogP contribution in [-0.2, 0) is 38.1 Å². The van der Waals surface area contributed by atoms with Crippen LogP contribution in [0.4, 0.5) is 13.2 Å². The van der Waals surface area contributed by atoms with Crippen molar-refractivity contribution in [3.05, 3.63) is 0 Å². The van der Waals surface area contributed by atoms with Crippen LogP contribution in [0.1, 0.15) is 53.4 Å². The fourth-order valence-electron chi connectivity index (χ4n) is 5.92. The SMILES string of the molecule is CCOC(=O)CC(NCC1CC2CC1C(C(F)(F)F)C2CNC(CC(=O)OCC)C(=O)OCC)C(=O)OCC. The topological polar surface area (TPSA) is 129 Å². The second kappa shape index (κ2) is 15.4. The van der Waals surface area contributed by atoms with E-state index in [9.17, 15) is 32.3 Å². The molecule has 2 aliphatic carbocycles. The number of alkyl halides is 3. The minimum atomic E-state index is -4.48. The first kappa shape index (κ1) is 32.8. The summed E-state index contributed by atoms with van der Waals surface area (Å²) in [6.07, 6.45) is -4.25. The summed E-state index contributed by atoms with van der Waals surface area (Å²) in [5.41, 5.74) is 0. The average molecular weight is 567 g/mol. The molecule has 7 atom stereocenters. The minimum Gasteiger partial charge on any atom is -0.466 e. The first-order valence-electron chi connectivity index (χ1n) is 13.6. The Balaban J connectivity index is 2.09. The number of hydrogen-bond acceptors (Lipinski definition) is 10. The molecule has 0 spiro atoms. The lowest BCUT2D eigenvalue weighted by Crippen LogP contribution is -2.49. The molecular formula is C26H41F3N2O8. The summed E-state index contributed by atoms with van der Waals surface area (Å²) in [7, 11) is 0. The highest BCUT2D eigenvalue weighted by atomic mass is 19.4. The van der Waals surface area contributed by atoms with Gasteiger partial charge in [-0.2, -0.15) is 13.2 Å². The van der Waals surface area contributed by atoms with E-state index in [1.165, 1.54) is 0 Å². The van der Waals surface area contributed by atoms with Crippen LogP contribution >= 0.6 is 0 Å². The summed E-state index contributed by atoms with van der Waals surface area (Å²) in [6, 6.07) is -2.12. The van der Waals surface area contributed by atoms with E-state index in [2.05, 4.69) is 10.6 Å². The van der Waals surface area contributed by atoms with Crippen molar-refractivity contribution in [2.24, 2.45) is 29.6 Å². The number of carbonyl (C=O) groups is 4. The minimum absolute atomic E-state index is 0.0663. The second-order valence-corrected chi connectivity index (χ2v) is 9.83. The van der Waals surface area contributed by atoms with Crippen LogP contribution in [-0.4, -0.2) is 81.7 Å². The van der Waals surface area contributed by atoms with Gasteiger partial charge in [0, 0.05) is 0 Å². The maximum Gasteiger partial charge on any atom is 0.392 e. The van der Waals surface area contributed by atoms with Crippen molar-refractivity contribution in [1.82, 2.24) is 10.6 Å². The highest BCUT2D eigenvalue weighted by Crippen LogP contribution is 2.59. The zero-order valence-corrected chi connectivity index (χ0v) is 23.0. The molecule has 0 aromatic rings. The molecule has 2 rings (SSSR count). The van der Waals surface area contributed by atoms with Crippen molar-refractivity contribution in [3.8, 4) is 0 Å². The van der Waals surface area contributed by atoms with Crippen LogP contribution in [0.15, 0.2) is 0 Å². The Labute approximate surface area is 227 Å². The van der Waals surface area contributed by atoms with Crippen molar-refractivity contribution in [2.75, 3.05) is 39.5 Å². The fraction of sp³-hybridized carbons (Fsp3) is 0.846. The smallest absolute Gasteiger partial charge is 0.392 e. The largest absolute Gasteiger partial charge is 0.466 e.